The van der Waals surface area contributed by atoms with E-state index < -0.39 is 4.75 Å². The van der Waals surface area contributed by atoms with Crippen molar-refractivity contribution in [2.75, 3.05) is 44.2 Å². The van der Waals surface area contributed by atoms with E-state index in [-0.39, 0.29) is 23.6 Å². The number of hydrogen-bond donors (Lipinski definition) is 0. The number of nitrogens with zero attached hydrogens (tertiary/aromatic N) is 4. The Bertz CT molecular complexity index is 984. The molecule has 174 valence electrons. The number of halogens is 1. The third-order valence-electron chi connectivity index (χ3n) is 6.87. The number of unbranched alkanes of at least 4 members (excludes halogenated alkanes) is 1. The van der Waals surface area contributed by atoms with E-state index in [1.807, 2.05) is 17.5 Å². The van der Waals surface area contributed by atoms with E-state index in [0.717, 1.165) is 77.1 Å². The van der Waals surface area contributed by atoms with E-state index >= 15 is 0 Å². The van der Waals surface area contributed by atoms with Gasteiger partial charge in [-0.25, -0.2) is 4.98 Å². The molecule has 2 amide bonds. The Hall–Kier alpha value is -1.35. The average Bonchev–Trinajstić information content (AvgIpc) is 3.45. The van der Waals surface area contributed by atoms with Crippen LogP contribution in [0.15, 0.2) is 18.3 Å². The van der Waals surface area contributed by atoms with Crippen LogP contribution < -0.4 is 4.90 Å². The van der Waals surface area contributed by atoms with Gasteiger partial charge >= 0.3 is 0 Å². The molecule has 6 nitrogen and oxygen atoms in total. The molecular weight excluding hydrogens is 464 g/mol. The van der Waals surface area contributed by atoms with Gasteiger partial charge in [-0.15, -0.1) is 23.7 Å². The average molecular weight is 495 g/mol. The first-order valence-electron chi connectivity index (χ1n) is 11.4. The van der Waals surface area contributed by atoms with Crippen LogP contribution in [0.25, 0.3) is 10.1 Å². The predicted octanol–water partition coefficient (Wildman–Crippen LogP) is 4.94. The summed E-state index contributed by atoms with van der Waals surface area (Å²) in [5.41, 5.74) is 0. The normalized spacial score (nSPS) is 21.2. The van der Waals surface area contributed by atoms with E-state index in [9.17, 15) is 9.59 Å². The minimum atomic E-state index is -0.411. The van der Waals surface area contributed by atoms with Crippen molar-refractivity contribution in [3.8, 4) is 0 Å². The Morgan fingerprint density at radius 3 is 2.53 bits per heavy atom. The maximum Gasteiger partial charge on any atom is 0.289 e. The Kier molecular flexibility index (Phi) is 7.34. The highest BCUT2D eigenvalue weighted by Crippen LogP contribution is 2.48. The third-order valence-corrected chi connectivity index (χ3v) is 9.26. The monoisotopic (exact) mass is 494 g/mol. The van der Waals surface area contributed by atoms with Gasteiger partial charge < -0.3 is 4.90 Å². The maximum atomic E-state index is 12.8. The number of fused-ring (bicyclic) bond motifs is 1. The van der Waals surface area contributed by atoms with Gasteiger partial charge in [0.25, 0.3) is 5.24 Å². The van der Waals surface area contributed by atoms with Crippen LogP contribution >= 0.6 is 35.5 Å². The molecule has 0 bridgehead atoms. The fraction of sp³-hybridized carbons (Fsp3) is 0.609. The lowest BCUT2D eigenvalue weighted by molar-refractivity contribution is -0.129. The molecule has 32 heavy (non-hydrogen) atoms. The summed E-state index contributed by atoms with van der Waals surface area (Å²) in [7, 11) is 0. The molecule has 1 spiro atoms. The number of aryl methyl sites for hydroxylation is 1. The summed E-state index contributed by atoms with van der Waals surface area (Å²) in [5, 5.41) is 1.25. The minimum absolute atomic E-state index is 0. The zero-order valence-corrected chi connectivity index (χ0v) is 21.0. The number of imide groups is 1. The Morgan fingerprint density at radius 2 is 1.78 bits per heavy atom. The molecular formula is C23H31ClN4O2S2. The Balaban J connectivity index is 0.00000245. The molecule has 3 aliphatic rings. The lowest BCUT2D eigenvalue weighted by Crippen LogP contribution is -2.47. The summed E-state index contributed by atoms with van der Waals surface area (Å²) < 4.78 is 0.902. The number of rotatable bonds is 6. The van der Waals surface area contributed by atoms with Crippen LogP contribution in [0, 0.1) is 6.92 Å². The zero-order valence-electron chi connectivity index (χ0n) is 18.5. The van der Waals surface area contributed by atoms with Crippen LogP contribution in [0.3, 0.4) is 0 Å². The lowest BCUT2D eigenvalue weighted by atomic mass is 10.1. The highest BCUT2D eigenvalue weighted by atomic mass is 35.5. The molecule has 4 heterocycles. The Morgan fingerprint density at radius 1 is 1.06 bits per heavy atom. The van der Waals surface area contributed by atoms with Crippen molar-refractivity contribution in [1.29, 1.82) is 0 Å². The number of hydrogen-bond acceptors (Lipinski definition) is 7. The smallest absolute Gasteiger partial charge is 0.289 e. The predicted molar refractivity (Wildman–Crippen MR) is 135 cm³/mol. The number of carbonyl (C=O) groups is 2. The van der Waals surface area contributed by atoms with Crippen LogP contribution in [-0.4, -0.2) is 69.9 Å². The second-order valence-electron chi connectivity index (χ2n) is 8.97. The fourth-order valence-electron chi connectivity index (χ4n) is 5.17. The number of anilines is 1. The van der Waals surface area contributed by atoms with Crippen molar-refractivity contribution in [3.63, 3.8) is 0 Å². The molecule has 0 N–H and O–H groups in total. The second-order valence-corrected chi connectivity index (χ2v) is 11.6. The van der Waals surface area contributed by atoms with Crippen molar-refractivity contribution in [2.45, 2.75) is 50.2 Å². The number of pyridine rings is 1. The summed E-state index contributed by atoms with van der Waals surface area (Å²) in [6, 6.07) is 4.36. The van der Waals surface area contributed by atoms with Gasteiger partial charge in [0, 0.05) is 53.9 Å². The summed E-state index contributed by atoms with van der Waals surface area (Å²) in [5.74, 6) is 1.20. The van der Waals surface area contributed by atoms with Gasteiger partial charge in [0.1, 0.15) is 10.6 Å². The molecule has 0 aromatic carbocycles. The summed E-state index contributed by atoms with van der Waals surface area (Å²) in [4.78, 5) is 37.6. The van der Waals surface area contributed by atoms with Gasteiger partial charge in [0.15, 0.2) is 0 Å². The van der Waals surface area contributed by atoms with Crippen molar-refractivity contribution in [3.05, 3.63) is 23.2 Å². The fourth-order valence-corrected chi connectivity index (χ4v) is 7.39. The molecule has 2 aromatic rings. The first-order valence-corrected chi connectivity index (χ1v) is 13.1. The van der Waals surface area contributed by atoms with E-state index in [4.69, 9.17) is 0 Å². The maximum absolute atomic E-state index is 12.8. The molecule has 1 aliphatic carbocycles. The van der Waals surface area contributed by atoms with Crippen molar-refractivity contribution >= 4 is 62.6 Å². The summed E-state index contributed by atoms with van der Waals surface area (Å²) >= 11 is 3.13. The zero-order chi connectivity index (χ0) is 21.4. The highest BCUT2D eigenvalue weighted by Gasteiger charge is 2.53. The number of thioether (sulfide) groups is 1. The number of thiophene rings is 1. The molecule has 0 unspecified atom stereocenters. The van der Waals surface area contributed by atoms with E-state index in [1.54, 1.807) is 0 Å². The molecule has 9 heteroatoms. The first-order chi connectivity index (χ1) is 15.1. The molecule has 5 rings (SSSR count). The molecule has 2 aliphatic heterocycles. The Labute approximate surface area is 204 Å². The molecule has 2 saturated heterocycles. The van der Waals surface area contributed by atoms with Gasteiger partial charge in [-0.3, -0.25) is 19.4 Å². The van der Waals surface area contributed by atoms with Crippen LogP contribution in [0.5, 0.6) is 0 Å². The van der Waals surface area contributed by atoms with Crippen LogP contribution in [0.1, 0.15) is 43.4 Å². The largest absolute Gasteiger partial charge is 0.354 e. The highest BCUT2D eigenvalue weighted by molar-refractivity contribution is 8.16. The quantitative estimate of drug-likeness (QED) is 0.530. The van der Waals surface area contributed by atoms with Gasteiger partial charge in [-0.1, -0.05) is 12.8 Å². The van der Waals surface area contributed by atoms with Crippen LogP contribution in [0.4, 0.5) is 10.6 Å². The molecule has 1 saturated carbocycles. The van der Waals surface area contributed by atoms with Crippen molar-refractivity contribution < 1.29 is 9.59 Å². The first kappa shape index (κ1) is 23.8. The van der Waals surface area contributed by atoms with Crippen LogP contribution in [0.2, 0.25) is 0 Å². The van der Waals surface area contributed by atoms with Crippen molar-refractivity contribution in [1.82, 2.24) is 14.8 Å². The molecule has 0 radical (unpaired) electrons. The van der Waals surface area contributed by atoms with Gasteiger partial charge in [-0.05, 0) is 63.0 Å². The summed E-state index contributed by atoms with van der Waals surface area (Å²) in [6.07, 6.45) is 7.72. The number of piperazine rings is 1. The van der Waals surface area contributed by atoms with Crippen LogP contribution in [-0.2, 0) is 4.79 Å². The SMILES string of the molecule is Cc1cc2c(N3CCN(CCCCN4C(=O)SC5(CCCC5)C4=O)CC3)nccc2s1.Cl. The van der Waals surface area contributed by atoms with Gasteiger partial charge in [0.2, 0.25) is 5.91 Å². The van der Waals surface area contributed by atoms with Crippen molar-refractivity contribution in [2.24, 2.45) is 0 Å². The van der Waals surface area contributed by atoms with Gasteiger partial charge in [0.05, 0.1) is 0 Å². The lowest BCUT2D eigenvalue weighted by Gasteiger charge is -2.35. The second kappa shape index (κ2) is 9.87. The van der Waals surface area contributed by atoms with Gasteiger partial charge in [-0.2, -0.15) is 0 Å². The topological polar surface area (TPSA) is 56.8 Å². The number of aromatic nitrogens is 1. The molecule has 0 atom stereocenters. The van der Waals surface area contributed by atoms with E-state index in [0.29, 0.717) is 6.54 Å². The standard InChI is InChI=1S/C23H30N4O2S2.ClH/c1-17-16-18-19(30-17)6-9-24-20(18)26-14-12-25(13-15-26)10-4-5-11-27-21(28)23(31-22(27)29)7-2-3-8-23;/h6,9,16H,2-5,7-8,10-15H2,1H3;1H. The molecule has 2 aromatic heterocycles. The van der Waals surface area contributed by atoms with E-state index in [2.05, 4.69) is 33.8 Å². The summed E-state index contributed by atoms with van der Waals surface area (Å²) in [6.45, 7) is 7.80. The molecule has 3 fully saturated rings. The minimum Gasteiger partial charge on any atom is -0.354 e. The van der Waals surface area contributed by atoms with E-state index in [1.165, 1.54) is 31.6 Å². The third kappa shape index (κ3) is 4.52. The number of carbonyl (C=O) groups excluding carboxylic acids is 2. The number of amides is 2.